The number of thiocarbonyl (C=S) groups is 1. The highest BCUT2D eigenvalue weighted by Crippen LogP contribution is 2.31. The van der Waals surface area contributed by atoms with Crippen LogP contribution in [0.5, 0.6) is 0 Å². The SMILES string of the molecule is O=[N+]([O-])c1ccc(CSC(=S)N2CCN(Sc3cccc4ccccc34)CC2)cc1. The lowest BCUT2D eigenvalue weighted by molar-refractivity contribution is -0.384. The number of nitro groups is 1. The van der Waals surface area contributed by atoms with E-state index in [2.05, 4.69) is 51.7 Å². The summed E-state index contributed by atoms with van der Waals surface area (Å²) in [6, 6.07) is 21.6. The van der Waals surface area contributed by atoms with Crippen molar-refractivity contribution in [1.82, 2.24) is 9.21 Å². The van der Waals surface area contributed by atoms with Gasteiger partial charge < -0.3 is 4.90 Å². The van der Waals surface area contributed by atoms with Gasteiger partial charge in [0.25, 0.3) is 5.69 Å². The monoisotopic (exact) mass is 455 g/mol. The fourth-order valence-corrected chi connectivity index (χ4v) is 5.58. The first-order chi connectivity index (χ1) is 14.6. The minimum Gasteiger partial charge on any atom is -0.355 e. The molecule has 0 N–H and O–H groups in total. The van der Waals surface area contributed by atoms with Crippen LogP contribution in [0.1, 0.15) is 5.56 Å². The first kappa shape index (κ1) is 21.1. The molecule has 1 saturated heterocycles. The lowest BCUT2D eigenvalue weighted by Crippen LogP contribution is -2.44. The number of nitro benzene ring substituents is 1. The molecule has 154 valence electrons. The van der Waals surface area contributed by atoms with Gasteiger partial charge in [0.2, 0.25) is 0 Å². The highest BCUT2D eigenvalue weighted by atomic mass is 32.2. The van der Waals surface area contributed by atoms with E-state index in [9.17, 15) is 10.1 Å². The van der Waals surface area contributed by atoms with Crippen molar-refractivity contribution in [2.24, 2.45) is 0 Å². The molecule has 0 bridgehead atoms. The molecule has 0 spiro atoms. The van der Waals surface area contributed by atoms with Crippen LogP contribution in [-0.2, 0) is 5.75 Å². The van der Waals surface area contributed by atoms with Crippen LogP contribution in [0.2, 0.25) is 0 Å². The van der Waals surface area contributed by atoms with Crippen molar-refractivity contribution in [3.05, 3.63) is 82.4 Å². The van der Waals surface area contributed by atoms with Crippen molar-refractivity contribution < 1.29 is 4.92 Å². The van der Waals surface area contributed by atoms with Crippen molar-refractivity contribution in [3.63, 3.8) is 0 Å². The number of non-ortho nitro benzene ring substituents is 1. The van der Waals surface area contributed by atoms with Gasteiger partial charge in [-0.3, -0.25) is 10.1 Å². The van der Waals surface area contributed by atoms with Crippen molar-refractivity contribution >= 4 is 56.7 Å². The van der Waals surface area contributed by atoms with Crippen molar-refractivity contribution in [3.8, 4) is 0 Å². The normalized spacial score (nSPS) is 14.7. The van der Waals surface area contributed by atoms with E-state index in [0.717, 1.165) is 41.8 Å². The van der Waals surface area contributed by atoms with Gasteiger partial charge in [-0.2, -0.15) is 0 Å². The second kappa shape index (κ2) is 9.78. The molecule has 0 unspecified atom stereocenters. The van der Waals surface area contributed by atoms with Crippen LogP contribution in [0.4, 0.5) is 5.69 Å². The Kier molecular flexibility index (Phi) is 6.89. The van der Waals surface area contributed by atoms with Gasteiger partial charge in [-0.15, -0.1) is 0 Å². The van der Waals surface area contributed by atoms with Crippen LogP contribution in [-0.4, -0.2) is 44.6 Å². The molecule has 0 amide bonds. The Labute approximate surface area is 189 Å². The van der Waals surface area contributed by atoms with Gasteiger partial charge >= 0.3 is 0 Å². The number of hydrogen-bond donors (Lipinski definition) is 0. The van der Waals surface area contributed by atoms with E-state index in [1.54, 1.807) is 36.0 Å². The maximum absolute atomic E-state index is 10.8. The lowest BCUT2D eigenvalue weighted by atomic mass is 10.1. The smallest absolute Gasteiger partial charge is 0.269 e. The largest absolute Gasteiger partial charge is 0.355 e. The van der Waals surface area contributed by atoms with Gasteiger partial charge in [0.05, 0.1) is 4.92 Å². The van der Waals surface area contributed by atoms with Crippen molar-refractivity contribution in [1.29, 1.82) is 0 Å². The van der Waals surface area contributed by atoms with E-state index < -0.39 is 0 Å². The van der Waals surface area contributed by atoms with Crippen molar-refractivity contribution in [2.75, 3.05) is 26.2 Å². The third kappa shape index (κ3) is 5.13. The molecule has 0 aliphatic carbocycles. The Bertz CT molecular complexity index is 1050. The Hall–Kier alpha value is -2.13. The molecule has 1 aliphatic rings. The Morgan fingerprint density at radius 2 is 1.67 bits per heavy atom. The number of hydrogen-bond acceptors (Lipinski definition) is 6. The van der Waals surface area contributed by atoms with E-state index in [-0.39, 0.29) is 10.6 Å². The van der Waals surface area contributed by atoms with Gasteiger partial charge in [-0.05, 0) is 34.4 Å². The van der Waals surface area contributed by atoms with Crippen molar-refractivity contribution in [2.45, 2.75) is 10.6 Å². The highest BCUT2D eigenvalue weighted by molar-refractivity contribution is 8.22. The van der Waals surface area contributed by atoms with Gasteiger partial charge in [-0.25, -0.2) is 4.31 Å². The zero-order chi connectivity index (χ0) is 20.9. The minimum atomic E-state index is -0.378. The number of benzene rings is 3. The molecule has 30 heavy (non-hydrogen) atoms. The molecule has 4 rings (SSSR count). The van der Waals surface area contributed by atoms with Crippen LogP contribution in [0.25, 0.3) is 10.8 Å². The molecule has 5 nitrogen and oxygen atoms in total. The molecule has 3 aromatic rings. The zero-order valence-corrected chi connectivity index (χ0v) is 18.7. The van der Waals surface area contributed by atoms with Gasteiger partial charge in [0.15, 0.2) is 0 Å². The average molecular weight is 456 g/mol. The average Bonchev–Trinajstić information content (AvgIpc) is 2.78. The number of rotatable bonds is 5. The van der Waals surface area contributed by atoms with Crippen LogP contribution >= 0.6 is 35.9 Å². The van der Waals surface area contributed by atoms with Crippen LogP contribution in [0.15, 0.2) is 71.6 Å². The fraction of sp³-hybridized carbons (Fsp3) is 0.227. The number of piperazine rings is 1. The molecule has 0 radical (unpaired) electrons. The molecule has 1 fully saturated rings. The quantitative estimate of drug-likeness (QED) is 0.215. The Morgan fingerprint density at radius 1 is 0.967 bits per heavy atom. The van der Waals surface area contributed by atoms with E-state index in [0.29, 0.717) is 0 Å². The number of fused-ring (bicyclic) bond motifs is 1. The molecule has 8 heteroatoms. The zero-order valence-electron chi connectivity index (χ0n) is 16.3. The lowest BCUT2D eigenvalue weighted by Gasteiger charge is -2.35. The van der Waals surface area contributed by atoms with Gasteiger partial charge in [-0.1, -0.05) is 72.5 Å². The molecule has 0 atom stereocenters. The summed E-state index contributed by atoms with van der Waals surface area (Å²) >= 11 is 9.07. The summed E-state index contributed by atoms with van der Waals surface area (Å²) in [5.74, 6) is 0.724. The van der Waals surface area contributed by atoms with Gasteiger partial charge in [0.1, 0.15) is 4.32 Å². The first-order valence-corrected chi connectivity index (χ1v) is 11.8. The van der Waals surface area contributed by atoms with Crippen LogP contribution < -0.4 is 0 Å². The molecule has 0 aromatic heterocycles. The van der Waals surface area contributed by atoms with E-state index in [1.165, 1.54) is 15.7 Å². The third-order valence-electron chi connectivity index (χ3n) is 4.98. The molecular formula is C22H21N3O2S3. The molecule has 0 saturated carbocycles. The summed E-state index contributed by atoms with van der Waals surface area (Å²) in [6.45, 7) is 3.71. The summed E-state index contributed by atoms with van der Waals surface area (Å²) in [6.07, 6.45) is 0. The summed E-state index contributed by atoms with van der Waals surface area (Å²) in [5, 5.41) is 13.3. The summed E-state index contributed by atoms with van der Waals surface area (Å²) < 4.78 is 3.30. The summed E-state index contributed by atoms with van der Waals surface area (Å²) in [7, 11) is 0. The molecule has 3 aromatic carbocycles. The standard InChI is InChI=1S/C22H21N3O2S3/c26-25(27)19-10-8-17(9-11-19)16-29-22(28)23-12-14-24(15-13-23)30-21-7-3-5-18-4-1-2-6-20(18)21/h1-11H,12-16H2. The van der Waals surface area contributed by atoms with E-state index in [1.807, 2.05) is 11.9 Å². The maximum atomic E-state index is 10.8. The van der Waals surface area contributed by atoms with Gasteiger partial charge in [0, 0.05) is 49.0 Å². The van der Waals surface area contributed by atoms with E-state index >= 15 is 0 Å². The summed E-state index contributed by atoms with van der Waals surface area (Å²) in [4.78, 5) is 13.9. The Morgan fingerprint density at radius 3 is 2.40 bits per heavy atom. The number of thioether (sulfide) groups is 1. The number of nitrogens with zero attached hydrogens (tertiary/aromatic N) is 3. The fourth-order valence-electron chi connectivity index (χ4n) is 3.33. The van der Waals surface area contributed by atoms with E-state index in [4.69, 9.17) is 12.2 Å². The van der Waals surface area contributed by atoms with Crippen LogP contribution in [0, 0.1) is 10.1 Å². The summed E-state index contributed by atoms with van der Waals surface area (Å²) in [5.41, 5.74) is 1.16. The maximum Gasteiger partial charge on any atom is 0.269 e. The molecular weight excluding hydrogens is 434 g/mol. The third-order valence-corrected chi connectivity index (χ3v) is 7.75. The Balaban J connectivity index is 1.27. The molecule has 1 aliphatic heterocycles. The minimum absolute atomic E-state index is 0.117. The highest BCUT2D eigenvalue weighted by Gasteiger charge is 2.20. The first-order valence-electron chi connectivity index (χ1n) is 9.66. The predicted molar refractivity (Wildman–Crippen MR) is 130 cm³/mol. The second-order valence-electron chi connectivity index (χ2n) is 6.96. The van der Waals surface area contributed by atoms with Crippen LogP contribution in [0.3, 0.4) is 0 Å². The predicted octanol–water partition coefficient (Wildman–Crippen LogP) is 5.59. The molecule has 1 heterocycles. The topological polar surface area (TPSA) is 49.6 Å². The second-order valence-corrected chi connectivity index (χ2v) is 9.71.